The van der Waals surface area contributed by atoms with Gasteiger partial charge in [0.05, 0.1) is 0 Å². The summed E-state index contributed by atoms with van der Waals surface area (Å²) in [5.74, 6) is 2.74. The minimum absolute atomic E-state index is 0.281. The summed E-state index contributed by atoms with van der Waals surface area (Å²) >= 11 is 0. The number of hydrogen-bond acceptors (Lipinski definition) is 5. The Kier molecular flexibility index (Phi) is 8.65. The van der Waals surface area contributed by atoms with Gasteiger partial charge in [0.2, 0.25) is 5.91 Å². The van der Waals surface area contributed by atoms with Crippen LogP contribution >= 0.6 is 0 Å². The molecule has 2 heterocycles. The van der Waals surface area contributed by atoms with Crippen LogP contribution in [0.25, 0.3) is 0 Å². The molecule has 1 fully saturated rings. The van der Waals surface area contributed by atoms with E-state index in [1.54, 1.807) is 6.33 Å². The highest BCUT2D eigenvalue weighted by atomic mass is 16.2. The smallest absolute Gasteiger partial charge is 0.222 e. The Bertz CT molecular complexity index is 551. The van der Waals surface area contributed by atoms with Gasteiger partial charge in [-0.3, -0.25) is 4.79 Å². The molecule has 0 saturated carbocycles. The van der Waals surface area contributed by atoms with Crippen LogP contribution in [0.5, 0.6) is 0 Å². The molecule has 1 N–H and O–H groups in total. The van der Waals surface area contributed by atoms with E-state index in [2.05, 4.69) is 34.0 Å². The molecule has 1 atom stereocenters. The Morgan fingerprint density at radius 2 is 2.19 bits per heavy atom. The molecule has 1 aliphatic heterocycles. The van der Waals surface area contributed by atoms with Crippen LogP contribution in [0.3, 0.4) is 0 Å². The van der Waals surface area contributed by atoms with Gasteiger partial charge in [0.15, 0.2) is 0 Å². The van der Waals surface area contributed by atoms with Crippen LogP contribution in [0.4, 0.5) is 11.6 Å². The van der Waals surface area contributed by atoms with E-state index in [9.17, 15) is 4.79 Å². The third-order valence-corrected chi connectivity index (χ3v) is 5.09. The van der Waals surface area contributed by atoms with Crippen LogP contribution < -0.4 is 10.2 Å². The molecule has 26 heavy (non-hydrogen) atoms. The maximum Gasteiger partial charge on any atom is 0.222 e. The second-order valence-corrected chi connectivity index (χ2v) is 7.35. The van der Waals surface area contributed by atoms with Crippen molar-refractivity contribution in [2.75, 3.05) is 43.4 Å². The molecular formula is C20H35N5O. The van der Waals surface area contributed by atoms with E-state index in [1.165, 1.54) is 6.42 Å². The lowest BCUT2D eigenvalue weighted by Gasteiger charge is -2.33. The van der Waals surface area contributed by atoms with Crippen LogP contribution in [-0.4, -0.2) is 54.0 Å². The second kappa shape index (κ2) is 11.0. The van der Waals surface area contributed by atoms with E-state index in [-0.39, 0.29) is 5.91 Å². The number of amides is 1. The van der Waals surface area contributed by atoms with Crippen molar-refractivity contribution in [1.29, 1.82) is 0 Å². The molecule has 1 aliphatic rings. The Morgan fingerprint density at radius 3 is 2.96 bits per heavy atom. The number of piperidine rings is 1. The Balaban J connectivity index is 1.84. The summed E-state index contributed by atoms with van der Waals surface area (Å²) in [6.07, 6.45) is 8.92. The van der Waals surface area contributed by atoms with E-state index in [1.807, 2.05) is 18.0 Å². The summed E-state index contributed by atoms with van der Waals surface area (Å²) in [5.41, 5.74) is 0. The molecule has 1 aromatic heterocycles. The van der Waals surface area contributed by atoms with Gasteiger partial charge >= 0.3 is 0 Å². The predicted molar refractivity (Wildman–Crippen MR) is 108 cm³/mol. The summed E-state index contributed by atoms with van der Waals surface area (Å²) in [4.78, 5) is 25.3. The first-order chi connectivity index (χ1) is 12.6. The molecule has 1 amide bonds. The van der Waals surface area contributed by atoms with Gasteiger partial charge in [-0.05, 0) is 38.0 Å². The number of carbonyl (C=O) groups excluding carboxylic acids is 1. The number of anilines is 2. The zero-order valence-electron chi connectivity index (χ0n) is 16.7. The van der Waals surface area contributed by atoms with Crippen molar-refractivity contribution < 1.29 is 4.79 Å². The van der Waals surface area contributed by atoms with Crippen molar-refractivity contribution in [3.05, 3.63) is 12.4 Å². The Hall–Kier alpha value is -1.85. The molecule has 0 spiro atoms. The van der Waals surface area contributed by atoms with E-state index in [4.69, 9.17) is 0 Å². The average Bonchev–Trinajstić information content (AvgIpc) is 2.69. The first-order valence-corrected chi connectivity index (χ1v) is 10.2. The molecule has 1 aromatic rings. The molecule has 1 unspecified atom stereocenters. The monoisotopic (exact) mass is 361 g/mol. The molecule has 2 rings (SSSR count). The van der Waals surface area contributed by atoms with Crippen molar-refractivity contribution in [1.82, 2.24) is 14.9 Å². The molecule has 6 nitrogen and oxygen atoms in total. The molecular weight excluding hydrogens is 326 g/mol. The Labute approximate surface area is 158 Å². The molecule has 0 radical (unpaired) electrons. The van der Waals surface area contributed by atoms with Crippen LogP contribution in [0, 0.1) is 5.92 Å². The number of hydrogen-bond donors (Lipinski definition) is 1. The third kappa shape index (κ3) is 6.46. The van der Waals surface area contributed by atoms with E-state index >= 15 is 0 Å². The van der Waals surface area contributed by atoms with E-state index in [0.717, 1.165) is 69.9 Å². The minimum atomic E-state index is 0.281. The van der Waals surface area contributed by atoms with Crippen molar-refractivity contribution in [3.63, 3.8) is 0 Å². The number of unbranched alkanes of at least 4 members (excludes halogenated alkanes) is 1. The normalized spacial score (nSPS) is 17.2. The zero-order chi connectivity index (χ0) is 18.8. The summed E-state index contributed by atoms with van der Waals surface area (Å²) in [5, 5.41) is 3.33. The molecule has 0 aromatic carbocycles. The fraction of sp³-hybridized carbons (Fsp3) is 0.750. The quantitative estimate of drug-likeness (QED) is 0.690. The fourth-order valence-electron chi connectivity index (χ4n) is 3.42. The standard InChI is InChI=1S/C20H35N5O/c1-4-6-12-24(3)20(26)10-9-17-8-7-13-25(15-17)19-14-18(21-11-5-2)22-16-23-19/h14,16-17H,4-13,15H2,1-3H3,(H,21,22,23). The van der Waals surface area contributed by atoms with Gasteiger partial charge in [-0.15, -0.1) is 0 Å². The summed E-state index contributed by atoms with van der Waals surface area (Å²) < 4.78 is 0. The predicted octanol–water partition coefficient (Wildman–Crippen LogP) is 3.55. The topological polar surface area (TPSA) is 61.4 Å². The number of carbonyl (C=O) groups is 1. The first kappa shape index (κ1) is 20.5. The molecule has 146 valence electrons. The fourth-order valence-corrected chi connectivity index (χ4v) is 3.42. The lowest BCUT2D eigenvalue weighted by atomic mass is 9.93. The number of rotatable bonds is 10. The van der Waals surface area contributed by atoms with Crippen molar-refractivity contribution >= 4 is 17.5 Å². The van der Waals surface area contributed by atoms with Gasteiger partial charge in [-0.2, -0.15) is 0 Å². The lowest BCUT2D eigenvalue weighted by Crippen LogP contribution is -2.37. The van der Waals surface area contributed by atoms with Crippen LogP contribution in [-0.2, 0) is 4.79 Å². The van der Waals surface area contributed by atoms with Gasteiger partial charge in [0.25, 0.3) is 0 Å². The van der Waals surface area contributed by atoms with Gasteiger partial charge in [-0.1, -0.05) is 20.3 Å². The average molecular weight is 362 g/mol. The third-order valence-electron chi connectivity index (χ3n) is 5.09. The van der Waals surface area contributed by atoms with E-state index < -0.39 is 0 Å². The summed E-state index contributed by atoms with van der Waals surface area (Å²) in [6, 6.07) is 2.04. The first-order valence-electron chi connectivity index (χ1n) is 10.2. The SMILES string of the molecule is CCCCN(C)C(=O)CCC1CCCN(c2cc(NCCC)ncn2)C1. The van der Waals surface area contributed by atoms with Crippen LogP contribution in [0.2, 0.25) is 0 Å². The van der Waals surface area contributed by atoms with Crippen molar-refractivity contribution in [2.24, 2.45) is 5.92 Å². The molecule has 1 saturated heterocycles. The van der Waals surface area contributed by atoms with Gasteiger partial charge in [-0.25, -0.2) is 9.97 Å². The number of aromatic nitrogens is 2. The van der Waals surface area contributed by atoms with Crippen LogP contribution in [0.15, 0.2) is 12.4 Å². The second-order valence-electron chi connectivity index (χ2n) is 7.35. The summed E-state index contributed by atoms with van der Waals surface area (Å²) in [6.45, 7) is 8.12. The Morgan fingerprint density at radius 1 is 1.35 bits per heavy atom. The summed E-state index contributed by atoms with van der Waals surface area (Å²) in [7, 11) is 1.93. The van der Waals surface area contributed by atoms with Crippen molar-refractivity contribution in [2.45, 2.75) is 58.8 Å². The molecule has 6 heteroatoms. The van der Waals surface area contributed by atoms with Gasteiger partial charge in [0, 0.05) is 45.7 Å². The van der Waals surface area contributed by atoms with Gasteiger partial charge < -0.3 is 15.1 Å². The van der Waals surface area contributed by atoms with Gasteiger partial charge in [0.1, 0.15) is 18.0 Å². The van der Waals surface area contributed by atoms with Crippen LogP contribution in [0.1, 0.15) is 58.8 Å². The minimum Gasteiger partial charge on any atom is -0.370 e. The highest BCUT2D eigenvalue weighted by Gasteiger charge is 2.22. The molecule has 0 aliphatic carbocycles. The number of nitrogens with zero attached hydrogens (tertiary/aromatic N) is 4. The highest BCUT2D eigenvalue weighted by Crippen LogP contribution is 2.25. The lowest BCUT2D eigenvalue weighted by molar-refractivity contribution is -0.130. The number of nitrogens with one attached hydrogen (secondary N) is 1. The maximum absolute atomic E-state index is 12.3. The highest BCUT2D eigenvalue weighted by molar-refractivity contribution is 5.75. The largest absolute Gasteiger partial charge is 0.370 e. The molecule has 0 bridgehead atoms. The maximum atomic E-state index is 12.3. The van der Waals surface area contributed by atoms with E-state index in [0.29, 0.717) is 12.3 Å². The zero-order valence-corrected chi connectivity index (χ0v) is 16.7. The van der Waals surface area contributed by atoms with Crippen molar-refractivity contribution in [3.8, 4) is 0 Å².